The van der Waals surface area contributed by atoms with Gasteiger partial charge in [-0.3, -0.25) is 0 Å². The van der Waals surface area contributed by atoms with Crippen molar-refractivity contribution < 1.29 is 18.1 Å². The van der Waals surface area contributed by atoms with Crippen molar-refractivity contribution in [3.63, 3.8) is 0 Å². The van der Waals surface area contributed by atoms with Gasteiger partial charge in [-0.2, -0.15) is 0 Å². The minimum atomic E-state index is -0.382. The van der Waals surface area contributed by atoms with Gasteiger partial charge in [0.2, 0.25) is 0 Å². The summed E-state index contributed by atoms with van der Waals surface area (Å²) in [5, 5.41) is 0. The molecule has 0 spiro atoms. The summed E-state index contributed by atoms with van der Waals surface area (Å²) in [5.74, 6) is 0.117. The summed E-state index contributed by atoms with van der Waals surface area (Å²) < 4.78 is 37.0. The summed E-state index contributed by atoms with van der Waals surface area (Å²) in [6.07, 6.45) is 0. The molecule has 0 fully saturated rings. The zero-order chi connectivity index (χ0) is 15.2. The summed E-state index contributed by atoms with van der Waals surface area (Å²) in [7, 11) is -0.114. The van der Waals surface area contributed by atoms with Crippen LogP contribution >= 0.6 is 0 Å². The summed E-state index contributed by atoms with van der Waals surface area (Å²) in [4.78, 5) is 0. The first-order valence-corrected chi connectivity index (χ1v) is 6.36. The molecule has 21 heavy (non-hydrogen) atoms. The highest BCUT2D eigenvalue weighted by atomic mass is 19.1. The highest BCUT2D eigenvalue weighted by molar-refractivity contribution is 6.20. The third kappa shape index (κ3) is 3.93. The monoisotopic (exact) mass is 292 g/mol. The molecular formula is C14H15BF2N2O2. The Morgan fingerprint density at radius 3 is 1.62 bits per heavy atom. The molecule has 2 aromatic carbocycles. The number of hydrogen-bond acceptors (Lipinski definition) is 4. The third-order valence-electron chi connectivity index (χ3n) is 2.91. The van der Waals surface area contributed by atoms with Gasteiger partial charge >= 0.3 is 7.69 Å². The van der Waals surface area contributed by atoms with Crippen molar-refractivity contribution in [3.05, 3.63) is 59.2 Å². The molecule has 2 rings (SSSR count). The summed E-state index contributed by atoms with van der Waals surface area (Å²) in [6.45, 7) is 0.301. The Labute approximate surface area is 122 Å². The van der Waals surface area contributed by atoms with E-state index in [1.165, 1.54) is 36.4 Å². The van der Waals surface area contributed by atoms with Crippen LogP contribution in [-0.4, -0.2) is 7.69 Å². The summed E-state index contributed by atoms with van der Waals surface area (Å²) in [5.41, 5.74) is 12.1. The van der Waals surface area contributed by atoms with Crippen LogP contribution in [0.3, 0.4) is 0 Å². The largest absolute Gasteiger partial charge is 0.576 e. The smallest absolute Gasteiger partial charge is 0.528 e. The van der Waals surface area contributed by atoms with Crippen molar-refractivity contribution >= 4 is 7.69 Å². The van der Waals surface area contributed by atoms with E-state index in [1.807, 2.05) is 0 Å². The van der Waals surface area contributed by atoms with Gasteiger partial charge in [-0.05, 0) is 36.4 Å². The Morgan fingerprint density at radius 1 is 0.810 bits per heavy atom. The van der Waals surface area contributed by atoms with E-state index >= 15 is 0 Å². The quantitative estimate of drug-likeness (QED) is 0.793. The molecule has 0 radical (unpaired) electrons. The molecule has 2 aromatic rings. The number of rotatable bonds is 6. The van der Waals surface area contributed by atoms with Crippen LogP contribution in [0, 0.1) is 11.6 Å². The zero-order valence-corrected chi connectivity index (χ0v) is 11.3. The molecule has 0 bridgehead atoms. The lowest BCUT2D eigenvalue weighted by Crippen LogP contribution is -2.14. The second-order valence-corrected chi connectivity index (χ2v) is 4.32. The Hall–Kier alpha value is -2.12. The third-order valence-corrected chi connectivity index (χ3v) is 2.91. The predicted molar refractivity (Wildman–Crippen MR) is 77.0 cm³/mol. The van der Waals surface area contributed by atoms with E-state index < -0.39 is 0 Å². The number of benzene rings is 2. The standard InChI is InChI=1S/C14H15BF2N2O2/c16-11-1-3-13(9(5-11)7-18)20-15-21-14-4-2-12(17)6-10(14)8-19/h1-6,15H,7-8,18-19H2. The van der Waals surface area contributed by atoms with Crippen molar-refractivity contribution in [2.45, 2.75) is 13.1 Å². The van der Waals surface area contributed by atoms with E-state index in [-0.39, 0.29) is 32.4 Å². The zero-order valence-electron chi connectivity index (χ0n) is 11.3. The van der Waals surface area contributed by atoms with E-state index in [2.05, 4.69) is 0 Å². The fraction of sp³-hybridized carbons (Fsp3) is 0.143. The van der Waals surface area contributed by atoms with Gasteiger partial charge in [0.1, 0.15) is 23.1 Å². The minimum Gasteiger partial charge on any atom is -0.528 e. The Balaban J connectivity index is 2.02. The molecule has 0 unspecified atom stereocenters. The van der Waals surface area contributed by atoms with Gasteiger partial charge in [-0.25, -0.2) is 8.78 Å². The molecule has 0 heterocycles. The predicted octanol–water partition coefficient (Wildman–Crippen LogP) is 1.61. The molecule has 0 aromatic heterocycles. The van der Waals surface area contributed by atoms with Crippen LogP contribution in [0.1, 0.15) is 11.1 Å². The van der Waals surface area contributed by atoms with E-state index in [9.17, 15) is 8.78 Å². The van der Waals surface area contributed by atoms with Crippen LogP contribution in [0.4, 0.5) is 8.78 Å². The average molecular weight is 292 g/mol. The normalized spacial score (nSPS) is 10.3. The topological polar surface area (TPSA) is 70.5 Å². The molecule has 7 heteroatoms. The molecule has 110 valence electrons. The lowest BCUT2D eigenvalue weighted by atomic mass is 10.1. The highest BCUT2D eigenvalue weighted by Crippen LogP contribution is 2.21. The van der Waals surface area contributed by atoms with Gasteiger partial charge in [0.25, 0.3) is 0 Å². The van der Waals surface area contributed by atoms with Crippen LogP contribution in [0.2, 0.25) is 0 Å². The maximum Gasteiger partial charge on any atom is 0.576 e. The highest BCUT2D eigenvalue weighted by Gasteiger charge is 2.08. The molecule has 4 nitrogen and oxygen atoms in total. The van der Waals surface area contributed by atoms with Crippen molar-refractivity contribution in [2.75, 3.05) is 0 Å². The van der Waals surface area contributed by atoms with Gasteiger partial charge in [-0.1, -0.05) is 0 Å². The molecule has 0 amide bonds. The van der Waals surface area contributed by atoms with E-state index in [0.717, 1.165) is 0 Å². The van der Waals surface area contributed by atoms with E-state index in [4.69, 9.17) is 20.8 Å². The maximum atomic E-state index is 13.1. The molecule has 4 N–H and O–H groups in total. The Kier molecular flexibility index (Phi) is 5.13. The SMILES string of the molecule is NCc1cc(F)ccc1OBOc1ccc(F)cc1CN. The van der Waals surface area contributed by atoms with Crippen molar-refractivity contribution in [1.29, 1.82) is 0 Å². The fourth-order valence-corrected chi connectivity index (χ4v) is 1.85. The maximum absolute atomic E-state index is 13.1. The first-order chi connectivity index (χ1) is 10.1. The second kappa shape index (κ2) is 7.05. The lowest BCUT2D eigenvalue weighted by Gasteiger charge is -2.13. The van der Waals surface area contributed by atoms with Crippen molar-refractivity contribution in [1.82, 2.24) is 0 Å². The van der Waals surface area contributed by atoms with Gasteiger partial charge in [-0.15, -0.1) is 0 Å². The first kappa shape index (κ1) is 15.3. The number of hydrogen-bond donors (Lipinski definition) is 2. The average Bonchev–Trinajstić information content (AvgIpc) is 2.49. The Bertz CT molecular complexity index is 572. The molecule has 0 saturated carbocycles. The fourth-order valence-electron chi connectivity index (χ4n) is 1.85. The number of halogens is 2. The molecule has 0 saturated heterocycles. The van der Waals surface area contributed by atoms with Gasteiger partial charge in [0, 0.05) is 24.2 Å². The van der Waals surface area contributed by atoms with Gasteiger partial charge in [0.05, 0.1) is 0 Å². The van der Waals surface area contributed by atoms with Crippen LogP contribution in [0.5, 0.6) is 11.5 Å². The molecule has 0 aliphatic carbocycles. The van der Waals surface area contributed by atoms with Crippen molar-refractivity contribution in [3.8, 4) is 11.5 Å². The summed E-state index contributed by atoms with van der Waals surface area (Å²) >= 11 is 0. The second-order valence-electron chi connectivity index (χ2n) is 4.32. The van der Waals surface area contributed by atoms with Crippen LogP contribution in [-0.2, 0) is 13.1 Å². The van der Waals surface area contributed by atoms with Crippen LogP contribution < -0.4 is 20.8 Å². The molecule has 0 aliphatic heterocycles. The van der Waals surface area contributed by atoms with Crippen molar-refractivity contribution in [2.24, 2.45) is 11.5 Å². The van der Waals surface area contributed by atoms with Gasteiger partial charge < -0.3 is 20.8 Å². The lowest BCUT2D eigenvalue weighted by molar-refractivity contribution is 0.450. The van der Waals surface area contributed by atoms with Gasteiger partial charge in [0.15, 0.2) is 0 Å². The van der Waals surface area contributed by atoms with Crippen LogP contribution in [0.15, 0.2) is 36.4 Å². The first-order valence-electron chi connectivity index (χ1n) is 6.36. The molecule has 0 aliphatic rings. The van der Waals surface area contributed by atoms with Crippen LogP contribution in [0.25, 0.3) is 0 Å². The Morgan fingerprint density at radius 2 is 1.24 bits per heavy atom. The van der Waals surface area contributed by atoms with E-state index in [1.54, 1.807) is 0 Å². The summed E-state index contributed by atoms with van der Waals surface area (Å²) in [6, 6.07) is 8.12. The molecular weight excluding hydrogens is 277 g/mol. The number of nitrogens with two attached hydrogens (primary N) is 2. The molecule has 0 atom stereocenters. The minimum absolute atomic E-state index is 0.114. The van der Waals surface area contributed by atoms with E-state index in [0.29, 0.717) is 22.6 Å².